The Morgan fingerprint density at radius 3 is 2.55 bits per heavy atom. The van der Waals surface area contributed by atoms with Gasteiger partial charge in [0.2, 0.25) is 5.91 Å². The Bertz CT molecular complexity index is 545. The summed E-state index contributed by atoms with van der Waals surface area (Å²) in [7, 11) is 0. The number of hydrogen-bond acceptors (Lipinski definition) is 3. The highest BCUT2D eigenvalue weighted by atomic mass is 19.4. The fourth-order valence-corrected chi connectivity index (χ4v) is 2.94. The van der Waals surface area contributed by atoms with Crippen LogP contribution in [-0.4, -0.2) is 12.5 Å². The van der Waals surface area contributed by atoms with E-state index in [2.05, 4.69) is 5.32 Å². The van der Waals surface area contributed by atoms with E-state index in [4.69, 9.17) is 11.5 Å². The second kappa shape index (κ2) is 6.66. The number of halogens is 3. The van der Waals surface area contributed by atoms with E-state index >= 15 is 0 Å². The highest BCUT2D eigenvalue weighted by Crippen LogP contribution is 2.34. The number of benzene rings is 1. The highest BCUT2D eigenvalue weighted by molar-refractivity contribution is 5.93. The first-order valence-electron chi connectivity index (χ1n) is 7.27. The molecule has 0 heterocycles. The van der Waals surface area contributed by atoms with E-state index in [1.165, 1.54) is 6.07 Å². The molecule has 0 unspecified atom stereocenters. The molecule has 0 bridgehead atoms. The van der Waals surface area contributed by atoms with Crippen molar-refractivity contribution >= 4 is 11.6 Å². The van der Waals surface area contributed by atoms with Gasteiger partial charge in [0.1, 0.15) is 0 Å². The molecule has 0 aliphatic heterocycles. The Hall–Kier alpha value is -1.60. The molecule has 1 aliphatic carbocycles. The molecule has 1 saturated carbocycles. The van der Waals surface area contributed by atoms with Crippen molar-refractivity contribution in [1.82, 2.24) is 0 Å². The van der Waals surface area contributed by atoms with Crippen molar-refractivity contribution in [3.8, 4) is 0 Å². The standard InChI is InChI=1S/C15H20F3N3O/c16-15(17,18)11-4-9(7-19)5-12(6-11)21-14(22)13-3-1-2-10(13)8-20/h4-6,10,13H,1-3,7-8,19-20H2,(H,21,22)/t10-,13-/m1/s1. The van der Waals surface area contributed by atoms with Gasteiger partial charge in [-0.2, -0.15) is 13.2 Å². The van der Waals surface area contributed by atoms with Gasteiger partial charge in [-0.3, -0.25) is 4.79 Å². The van der Waals surface area contributed by atoms with Crippen molar-refractivity contribution in [2.75, 3.05) is 11.9 Å². The van der Waals surface area contributed by atoms with E-state index in [9.17, 15) is 18.0 Å². The molecule has 4 nitrogen and oxygen atoms in total. The zero-order valence-corrected chi connectivity index (χ0v) is 12.1. The van der Waals surface area contributed by atoms with Gasteiger partial charge in [0, 0.05) is 18.2 Å². The molecule has 1 aromatic rings. The molecule has 2 atom stereocenters. The van der Waals surface area contributed by atoms with Crippen LogP contribution in [0.1, 0.15) is 30.4 Å². The van der Waals surface area contributed by atoms with Crippen molar-refractivity contribution < 1.29 is 18.0 Å². The molecule has 0 saturated heterocycles. The maximum Gasteiger partial charge on any atom is 0.416 e. The molecule has 0 spiro atoms. The van der Waals surface area contributed by atoms with Gasteiger partial charge in [-0.1, -0.05) is 6.42 Å². The number of anilines is 1. The van der Waals surface area contributed by atoms with Crippen molar-refractivity contribution in [3.63, 3.8) is 0 Å². The van der Waals surface area contributed by atoms with Crippen molar-refractivity contribution in [2.24, 2.45) is 23.3 Å². The van der Waals surface area contributed by atoms with Gasteiger partial charge in [0.15, 0.2) is 0 Å². The second-order valence-corrected chi connectivity index (χ2v) is 5.64. The lowest BCUT2D eigenvalue weighted by Gasteiger charge is -2.18. The first kappa shape index (κ1) is 16.8. The van der Waals surface area contributed by atoms with E-state index in [0.717, 1.165) is 31.4 Å². The van der Waals surface area contributed by atoms with E-state index in [-0.39, 0.29) is 30.0 Å². The van der Waals surface area contributed by atoms with E-state index in [0.29, 0.717) is 12.1 Å². The molecule has 2 rings (SSSR count). The van der Waals surface area contributed by atoms with Crippen LogP contribution < -0.4 is 16.8 Å². The lowest BCUT2D eigenvalue weighted by atomic mass is 9.95. The normalized spacial score (nSPS) is 21.9. The number of amides is 1. The Balaban J connectivity index is 2.20. The molecule has 0 radical (unpaired) electrons. The fourth-order valence-electron chi connectivity index (χ4n) is 2.94. The van der Waals surface area contributed by atoms with Crippen LogP contribution in [0.2, 0.25) is 0 Å². The summed E-state index contributed by atoms with van der Waals surface area (Å²) in [5, 5.41) is 2.59. The third-order valence-corrected chi connectivity index (χ3v) is 4.12. The van der Waals surface area contributed by atoms with E-state index in [1.807, 2.05) is 0 Å². The van der Waals surface area contributed by atoms with Gasteiger partial charge in [0.05, 0.1) is 5.56 Å². The minimum absolute atomic E-state index is 0.0261. The van der Waals surface area contributed by atoms with Crippen molar-refractivity contribution in [1.29, 1.82) is 0 Å². The molecule has 122 valence electrons. The number of carbonyl (C=O) groups excluding carboxylic acids is 1. The summed E-state index contributed by atoms with van der Waals surface area (Å²) < 4.78 is 38.6. The van der Waals surface area contributed by atoms with E-state index < -0.39 is 11.7 Å². The molecule has 5 N–H and O–H groups in total. The molecular weight excluding hydrogens is 295 g/mol. The number of rotatable bonds is 4. The highest BCUT2D eigenvalue weighted by Gasteiger charge is 2.33. The number of hydrogen-bond donors (Lipinski definition) is 3. The fraction of sp³-hybridized carbons (Fsp3) is 0.533. The Labute approximate surface area is 127 Å². The molecule has 1 aliphatic rings. The van der Waals surface area contributed by atoms with Gasteiger partial charge in [-0.25, -0.2) is 0 Å². The van der Waals surface area contributed by atoms with Crippen molar-refractivity contribution in [2.45, 2.75) is 32.0 Å². The van der Waals surface area contributed by atoms with Gasteiger partial charge in [-0.15, -0.1) is 0 Å². The SMILES string of the molecule is NCc1cc(NC(=O)[C@@H]2CCC[C@@H]2CN)cc(C(F)(F)F)c1. The third kappa shape index (κ3) is 3.78. The number of alkyl halides is 3. The lowest BCUT2D eigenvalue weighted by Crippen LogP contribution is -2.29. The molecule has 0 aromatic heterocycles. The summed E-state index contributed by atoms with van der Waals surface area (Å²) in [6.45, 7) is 0.385. The van der Waals surface area contributed by atoms with Crippen LogP contribution in [0.3, 0.4) is 0 Å². The van der Waals surface area contributed by atoms with Gasteiger partial charge in [0.25, 0.3) is 0 Å². The van der Waals surface area contributed by atoms with Crippen LogP contribution >= 0.6 is 0 Å². The summed E-state index contributed by atoms with van der Waals surface area (Å²) in [6.07, 6.45) is -1.96. The third-order valence-electron chi connectivity index (χ3n) is 4.12. The first-order valence-corrected chi connectivity index (χ1v) is 7.27. The lowest BCUT2D eigenvalue weighted by molar-refractivity contribution is -0.137. The molecular formula is C15H20F3N3O. The molecule has 1 fully saturated rings. The van der Waals surface area contributed by atoms with E-state index in [1.54, 1.807) is 0 Å². The predicted molar refractivity (Wildman–Crippen MR) is 77.9 cm³/mol. The zero-order valence-electron chi connectivity index (χ0n) is 12.1. The minimum atomic E-state index is -4.47. The first-order chi connectivity index (χ1) is 10.3. The minimum Gasteiger partial charge on any atom is -0.330 e. The monoisotopic (exact) mass is 315 g/mol. The Kier molecular flexibility index (Phi) is 5.08. The average molecular weight is 315 g/mol. The smallest absolute Gasteiger partial charge is 0.330 e. The summed E-state index contributed by atoms with van der Waals surface area (Å²) in [5.74, 6) is -0.407. The van der Waals surface area contributed by atoms with Crippen LogP contribution in [-0.2, 0) is 17.5 Å². The average Bonchev–Trinajstić information content (AvgIpc) is 2.94. The summed E-state index contributed by atoms with van der Waals surface area (Å²) in [6, 6.07) is 3.40. The van der Waals surface area contributed by atoms with Gasteiger partial charge in [-0.05, 0) is 49.1 Å². The molecule has 22 heavy (non-hydrogen) atoms. The Morgan fingerprint density at radius 2 is 1.95 bits per heavy atom. The molecule has 1 aromatic carbocycles. The number of nitrogens with one attached hydrogen (secondary N) is 1. The van der Waals surface area contributed by atoms with Gasteiger partial charge < -0.3 is 16.8 Å². The maximum atomic E-state index is 12.9. The van der Waals surface area contributed by atoms with Gasteiger partial charge >= 0.3 is 6.18 Å². The van der Waals surface area contributed by atoms with Crippen LogP contribution in [0.4, 0.5) is 18.9 Å². The van der Waals surface area contributed by atoms with Crippen molar-refractivity contribution in [3.05, 3.63) is 29.3 Å². The summed E-state index contributed by atoms with van der Waals surface area (Å²) in [4.78, 5) is 12.3. The Morgan fingerprint density at radius 1 is 1.23 bits per heavy atom. The largest absolute Gasteiger partial charge is 0.416 e. The quantitative estimate of drug-likeness (QED) is 0.798. The second-order valence-electron chi connectivity index (χ2n) is 5.64. The topological polar surface area (TPSA) is 81.1 Å². The van der Waals surface area contributed by atoms with Crippen LogP contribution in [0.15, 0.2) is 18.2 Å². The maximum absolute atomic E-state index is 12.9. The molecule has 1 amide bonds. The number of nitrogens with two attached hydrogens (primary N) is 2. The van der Waals surface area contributed by atoms with Crippen LogP contribution in [0, 0.1) is 11.8 Å². The van der Waals surface area contributed by atoms with Crippen LogP contribution in [0.5, 0.6) is 0 Å². The summed E-state index contributed by atoms with van der Waals surface area (Å²) >= 11 is 0. The molecule has 7 heteroatoms. The zero-order chi connectivity index (χ0) is 16.3. The van der Waals surface area contributed by atoms with Crippen LogP contribution in [0.25, 0.3) is 0 Å². The number of carbonyl (C=O) groups is 1. The summed E-state index contributed by atoms with van der Waals surface area (Å²) in [5.41, 5.74) is 10.7. The predicted octanol–water partition coefficient (Wildman–Crippen LogP) is 2.48.